The van der Waals surface area contributed by atoms with Gasteiger partial charge >= 0.3 is 6.03 Å². The fourth-order valence-electron chi connectivity index (χ4n) is 3.90. The summed E-state index contributed by atoms with van der Waals surface area (Å²) < 4.78 is 0. The minimum absolute atomic E-state index is 0.129. The molecule has 1 saturated heterocycles. The van der Waals surface area contributed by atoms with Gasteiger partial charge in [-0.2, -0.15) is 5.26 Å². The summed E-state index contributed by atoms with van der Waals surface area (Å²) in [6.45, 7) is 0.394. The highest BCUT2D eigenvalue weighted by Crippen LogP contribution is 2.34. The van der Waals surface area contributed by atoms with Crippen molar-refractivity contribution in [1.82, 2.24) is 4.90 Å². The number of hydrogen-bond acceptors (Lipinski definition) is 3. The molecule has 1 aromatic carbocycles. The Morgan fingerprint density at radius 3 is 2.83 bits per heavy atom. The lowest BCUT2D eigenvalue weighted by Gasteiger charge is -2.33. The number of carbonyl (C=O) groups excluding carboxylic acids is 1. The monoisotopic (exact) mass is 313 g/mol. The molecule has 5 nitrogen and oxygen atoms in total. The van der Waals surface area contributed by atoms with Crippen LogP contribution in [0, 0.1) is 17.2 Å². The van der Waals surface area contributed by atoms with E-state index in [2.05, 4.69) is 11.4 Å². The lowest BCUT2D eigenvalue weighted by atomic mass is 9.83. The Bertz CT molecular complexity index is 605. The second kappa shape index (κ2) is 7.01. The van der Waals surface area contributed by atoms with E-state index in [-0.39, 0.29) is 12.1 Å². The number of carbonyl (C=O) groups is 1. The van der Waals surface area contributed by atoms with Crippen LogP contribution >= 0.6 is 0 Å². The van der Waals surface area contributed by atoms with Crippen LogP contribution in [0.1, 0.15) is 44.1 Å². The smallest absolute Gasteiger partial charge is 0.322 e. The van der Waals surface area contributed by atoms with E-state index >= 15 is 0 Å². The molecule has 2 N–H and O–H groups in total. The number of rotatable bonds is 2. The first kappa shape index (κ1) is 15.8. The normalized spacial score (nSPS) is 25.1. The van der Waals surface area contributed by atoms with Crippen molar-refractivity contribution in [2.75, 3.05) is 11.9 Å². The minimum Gasteiger partial charge on any atom is -0.391 e. The second-order valence-corrected chi connectivity index (χ2v) is 6.63. The lowest BCUT2D eigenvalue weighted by molar-refractivity contribution is 0.164. The summed E-state index contributed by atoms with van der Waals surface area (Å²) in [5, 5.41) is 21.9. The predicted octanol–water partition coefficient (Wildman–Crippen LogP) is 3.11. The maximum atomic E-state index is 12.6. The van der Waals surface area contributed by atoms with Crippen molar-refractivity contribution < 1.29 is 9.90 Å². The van der Waals surface area contributed by atoms with Gasteiger partial charge in [0.15, 0.2) is 0 Å². The van der Waals surface area contributed by atoms with Gasteiger partial charge in [-0.3, -0.25) is 0 Å². The number of likely N-dealkylation sites (tertiary alicyclic amines) is 1. The third kappa shape index (κ3) is 3.65. The topological polar surface area (TPSA) is 76.4 Å². The van der Waals surface area contributed by atoms with E-state index in [1.54, 1.807) is 29.2 Å². The molecule has 2 atom stereocenters. The number of anilines is 1. The number of nitrogens with zero attached hydrogens (tertiary/aromatic N) is 2. The van der Waals surface area contributed by atoms with Gasteiger partial charge in [-0.1, -0.05) is 25.3 Å². The third-order valence-corrected chi connectivity index (χ3v) is 5.02. The van der Waals surface area contributed by atoms with Crippen molar-refractivity contribution >= 4 is 11.7 Å². The summed E-state index contributed by atoms with van der Waals surface area (Å²) in [5.41, 5.74) is 1.14. The van der Waals surface area contributed by atoms with E-state index in [4.69, 9.17) is 5.26 Å². The molecule has 0 unspecified atom stereocenters. The molecular formula is C18H23N3O2. The van der Waals surface area contributed by atoms with E-state index in [0.717, 1.165) is 12.8 Å². The fourth-order valence-corrected chi connectivity index (χ4v) is 3.90. The number of nitriles is 1. The molecule has 122 valence electrons. The summed E-state index contributed by atoms with van der Waals surface area (Å²) in [6, 6.07) is 8.94. The van der Waals surface area contributed by atoms with E-state index in [9.17, 15) is 9.90 Å². The molecule has 1 aliphatic heterocycles. The van der Waals surface area contributed by atoms with Gasteiger partial charge in [0, 0.05) is 18.3 Å². The molecule has 0 spiro atoms. The highest BCUT2D eigenvalue weighted by atomic mass is 16.3. The first-order valence-corrected chi connectivity index (χ1v) is 8.43. The molecular weight excluding hydrogens is 290 g/mol. The van der Waals surface area contributed by atoms with Crippen molar-refractivity contribution in [3.63, 3.8) is 0 Å². The summed E-state index contributed by atoms with van der Waals surface area (Å²) in [4.78, 5) is 14.4. The zero-order valence-corrected chi connectivity index (χ0v) is 13.2. The summed E-state index contributed by atoms with van der Waals surface area (Å²) in [7, 11) is 0. The van der Waals surface area contributed by atoms with Gasteiger partial charge in [0.05, 0.1) is 17.7 Å². The quantitative estimate of drug-likeness (QED) is 0.881. The standard InChI is InChI=1S/C18H23N3O2/c19-11-13-5-4-8-15(9-13)20-18(23)21-12-16(22)10-17(21)14-6-2-1-3-7-14/h4-5,8-9,14,16-17,22H,1-3,6-7,10,12H2,(H,20,23)/t16-,17+/m1/s1. The van der Waals surface area contributed by atoms with E-state index in [1.165, 1.54) is 19.3 Å². The number of hydrogen-bond donors (Lipinski definition) is 2. The summed E-state index contributed by atoms with van der Waals surface area (Å²) in [5.74, 6) is 0.497. The second-order valence-electron chi connectivity index (χ2n) is 6.63. The number of benzene rings is 1. The Labute approximate surface area is 136 Å². The molecule has 1 heterocycles. The number of nitrogens with one attached hydrogen (secondary N) is 1. The lowest BCUT2D eigenvalue weighted by Crippen LogP contribution is -2.43. The first-order valence-electron chi connectivity index (χ1n) is 8.43. The van der Waals surface area contributed by atoms with Gasteiger partial charge in [-0.25, -0.2) is 4.79 Å². The van der Waals surface area contributed by atoms with Crippen LogP contribution in [0.3, 0.4) is 0 Å². The van der Waals surface area contributed by atoms with E-state index in [0.29, 0.717) is 30.1 Å². The molecule has 5 heteroatoms. The Balaban J connectivity index is 1.70. The molecule has 2 fully saturated rings. The first-order chi connectivity index (χ1) is 11.2. The van der Waals surface area contributed by atoms with Gasteiger partial charge in [-0.05, 0) is 43.4 Å². The number of β-amino-alcohol motifs (C(OH)–C–C–N with tert-alkyl or cyclic N) is 1. The number of aliphatic hydroxyl groups excluding tert-OH is 1. The summed E-state index contributed by atoms with van der Waals surface area (Å²) in [6.07, 6.45) is 6.25. The van der Waals surface area contributed by atoms with Crippen LogP contribution in [0.15, 0.2) is 24.3 Å². The van der Waals surface area contributed by atoms with Gasteiger partial charge in [0.1, 0.15) is 0 Å². The number of amides is 2. The maximum Gasteiger partial charge on any atom is 0.322 e. The van der Waals surface area contributed by atoms with Crippen LogP contribution < -0.4 is 5.32 Å². The molecule has 0 bridgehead atoms. The van der Waals surface area contributed by atoms with Gasteiger partial charge in [-0.15, -0.1) is 0 Å². The van der Waals surface area contributed by atoms with Crippen LogP contribution in [0.5, 0.6) is 0 Å². The minimum atomic E-state index is -0.432. The Hall–Kier alpha value is -2.06. The highest BCUT2D eigenvalue weighted by molar-refractivity contribution is 5.90. The largest absolute Gasteiger partial charge is 0.391 e. The van der Waals surface area contributed by atoms with Crippen molar-refractivity contribution in [1.29, 1.82) is 5.26 Å². The fraction of sp³-hybridized carbons (Fsp3) is 0.556. The molecule has 3 rings (SSSR count). The molecule has 1 aliphatic carbocycles. The SMILES string of the molecule is N#Cc1cccc(NC(=O)N2C[C@H](O)C[C@H]2C2CCCCC2)c1. The molecule has 2 aliphatic rings. The van der Waals surface area contributed by atoms with Crippen LogP contribution in [-0.4, -0.2) is 34.7 Å². The van der Waals surface area contributed by atoms with Gasteiger partial charge in [0.25, 0.3) is 0 Å². The molecule has 1 aromatic rings. The van der Waals surface area contributed by atoms with Gasteiger partial charge < -0.3 is 15.3 Å². The Kier molecular flexibility index (Phi) is 4.82. The molecule has 0 aromatic heterocycles. The van der Waals surface area contributed by atoms with Crippen LogP contribution in [-0.2, 0) is 0 Å². The number of urea groups is 1. The van der Waals surface area contributed by atoms with E-state index in [1.807, 2.05) is 0 Å². The van der Waals surface area contributed by atoms with Gasteiger partial charge in [0.2, 0.25) is 0 Å². The molecule has 0 radical (unpaired) electrons. The van der Waals surface area contributed by atoms with Crippen molar-refractivity contribution in [3.8, 4) is 6.07 Å². The Morgan fingerprint density at radius 1 is 1.30 bits per heavy atom. The molecule has 23 heavy (non-hydrogen) atoms. The Morgan fingerprint density at radius 2 is 2.09 bits per heavy atom. The van der Waals surface area contributed by atoms with E-state index < -0.39 is 6.10 Å². The van der Waals surface area contributed by atoms with Crippen LogP contribution in [0.2, 0.25) is 0 Å². The average Bonchev–Trinajstić information content (AvgIpc) is 2.98. The van der Waals surface area contributed by atoms with Crippen LogP contribution in [0.4, 0.5) is 10.5 Å². The summed E-state index contributed by atoms with van der Waals surface area (Å²) >= 11 is 0. The third-order valence-electron chi connectivity index (χ3n) is 5.02. The number of aliphatic hydroxyl groups is 1. The average molecular weight is 313 g/mol. The highest BCUT2D eigenvalue weighted by Gasteiger charge is 2.39. The zero-order valence-electron chi connectivity index (χ0n) is 13.2. The van der Waals surface area contributed by atoms with Crippen molar-refractivity contribution in [3.05, 3.63) is 29.8 Å². The van der Waals surface area contributed by atoms with Crippen molar-refractivity contribution in [2.45, 2.75) is 50.7 Å². The maximum absolute atomic E-state index is 12.6. The van der Waals surface area contributed by atoms with Crippen molar-refractivity contribution in [2.24, 2.45) is 5.92 Å². The van der Waals surface area contributed by atoms with Crippen LogP contribution in [0.25, 0.3) is 0 Å². The molecule has 2 amide bonds. The molecule has 1 saturated carbocycles. The zero-order chi connectivity index (χ0) is 16.2. The predicted molar refractivity (Wildman–Crippen MR) is 87.9 cm³/mol.